The van der Waals surface area contributed by atoms with Crippen LogP contribution in [0.4, 0.5) is 11.4 Å². The van der Waals surface area contributed by atoms with Gasteiger partial charge < -0.3 is 14.8 Å². The van der Waals surface area contributed by atoms with Crippen LogP contribution in [0.3, 0.4) is 0 Å². The predicted octanol–water partition coefficient (Wildman–Crippen LogP) is 4.46. The maximum atomic E-state index is 12.8. The number of benzene rings is 2. The standard InChI is InChI=1S/C23H27N3O4S/c1-4-14-30-19-12-8-16(9-13-19)24-22(28)20-15-21(27)26(5-2)23(31-20)25-17-6-10-18(29-3)11-7-17/h6-13,20H,4-5,14-15H2,1-3H3,(H,24,28). The number of ether oxygens (including phenoxy) is 2. The summed E-state index contributed by atoms with van der Waals surface area (Å²) in [5.74, 6) is 1.15. The first-order chi connectivity index (χ1) is 15.0. The average molecular weight is 442 g/mol. The molecule has 1 aliphatic rings. The smallest absolute Gasteiger partial charge is 0.238 e. The molecule has 0 radical (unpaired) electrons. The number of methoxy groups -OCH3 is 1. The first-order valence-corrected chi connectivity index (χ1v) is 11.2. The van der Waals surface area contributed by atoms with Crippen LogP contribution < -0.4 is 14.8 Å². The quantitative estimate of drug-likeness (QED) is 0.654. The van der Waals surface area contributed by atoms with Crippen molar-refractivity contribution in [1.29, 1.82) is 0 Å². The molecule has 164 valence electrons. The van der Waals surface area contributed by atoms with E-state index in [9.17, 15) is 9.59 Å². The number of hydrogen-bond acceptors (Lipinski definition) is 6. The Balaban J connectivity index is 1.71. The lowest BCUT2D eigenvalue weighted by Crippen LogP contribution is -2.45. The number of amidine groups is 1. The second-order valence-corrected chi connectivity index (χ2v) is 8.07. The Kier molecular flexibility index (Phi) is 7.94. The van der Waals surface area contributed by atoms with E-state index in [4.69, 9.17) is 9.47 Å². The van der Waals surface area contributed by atoms with Crippen molar-refractivity contribution in [2.24, 2.45) is 4.99 Å². The van der Waals surface area contributed by atoms with Crippen molar-refractivity contribution in [2.75, 3.05) is 25.6 Å². The average Bonchev–Trinajstić information content (AvgIpc) is 2.79. The summed E-state index contributed by atoms with van der Waals surface area (Å²) in [5.41, 5.74) is 1.35. The van der Waals surface area contributed by atoms with Crippen LogP contribution in [0.25, 0.3) is 0 Å². The Labute approximate surface area is 186 Å². The van der Waals surface area contributed by atoms with Gasteiger partial charge in [-0.25, -0.2) is 4.99 Å². The van der Waals surface area contributed by atoms with Gasteiger partial charge in [-0.15, -0.1) is 0 Å². The zero-order chi connectivity index (χ0) is 22.2. The number of amides is 2. The van der Waals surface area contributed by atoms with Crippen LogP contribution in [0.1, 0.15) is 26.7 Å². The lowest BCUT2D eigenvalue weighted by molar-refractivity contribution is -0.129. The van der Waals surface area contributed by atoms with Crippen LogP contribution in [0, 0.1) is 0 Å². The Morgan fingerprint density at radius 2 is 1.81 bits per heavy atom. The van der Waals surface area contributed by atoms with Gasteiger partial charge in [-0.3, -0.25) is 14.5 Å². The molecule has 1 unspecified atom stereocenters. The third-order valence-corrected chi connectivity index (χ3v) is 5.83. The minimum absolute atomic E-state index is 0.114. The summed E-state index contributed by atoms with van der Waals surface area (Å²) in [6.07, 6.45) is 1.06. The van der Waals surface area contributed by atoms with Gasteiger partial charge in [-0.1, -0.05) is 18.7 Å². The van der Waals surface area contributed by atoms with Gasteiger partial charge in [0.15, 0.2) is 5.17 Å². The van der Waals surface area contributed by atoms with E-state index < -0.39 is 5.25 Å². The fraction of sp³-hybridized carbons (Fsp3) is 0.348. The fourth-order valence-corrected chi connectivity index (χ4v) is 4.16. The molecule has 1 aliphatic heterocycles. The Morgan fingerprint density at radius 1 is 1.13 bits per heavy atom. The third-order valence-electron chi connectivity index (χ3n) is 4.64. The second kappa shape index (κ2) is 10.9. The molecule has 0 bridgehead atoms. The third kappa shape index (κ3) is 6.01. The molecule has 7 nitrogen and oxygen atoms in total. The number of hydrogen-bond donors (Lipinski definition) is 1. The molecule has 31 heavy (non-hydrogen) atoms. The summed E-state index contributed by atoms with van der Waals surface area (Å²) < 4.78 is 10.7. The van der Waals surface area contributed by atoms with Gasteiger partial charge >= 0.3 is 0 Å². The van der Waals surface area contributed by atoms with Gasteiger partial charge in [0, 0.05) is 18.7 Å². The van der Waals surface area contributed by atoms with Crippen LogP contribution >= 0.6 is 11.8 Å². The van der Waals surface area contributed by atoms with E-state index in [1.54, 1.807) is 24.1 Å². The van der Waals surface area contributed by atoms with Crippen LogP contribution in [-0.4, -0.2) is 47.4 Å². The van der Waals surface area contributed by atoms with Crippen LogP contribution in [0.15, 0.2) is 53.5 Å². The largest absolute Gasteiger partial charge is 0.497 e. The van der Waals surface area contributed by atoms with Crippen molar-refractivity contribution in [3.8, 4) is 11.5 Å². The van der Waals surface area contributed by atoms with Crippen molar-refractivity contribution in [2.45, 2.75) is 31.9 Å². The number of nitrogens with zero attached hydrogens (tertiary/aromatic N) is 2. The number of nitrogens with one attached hydrogen (secondary N) is 1. The minimum atomic E-state index is -0.552. The Bertz CT molecular complexity index is 929. The van der Waals surface area contributed by atoms with Crippen LogP contribution in [-0.2, 0) is 9.59 Å². The summed E-state index contributed by atoms with van der Waals surface area (Å²) in [4.78, 5) is 31.7. The highest BCUT2D eigenvalue weighted by Crippen LogP contribution is 2.30. The number of rotatable bonds is 8. The van der Waals surface area contributed by atoms with E-state index in [0.717, 1.165) is 17.9 Å². The van der Waals surface area contributed by atoms with Crippen LogP contribution in [0.2, 0.25) is 0 Å². The predicted molar refractivity (Wildman–Crippen MR) is 124 cm³/mol. The normalized spacial score (nSPS) is 17.5. The molecular weight excluding hydrogens is 414 g/mol. The number of carbonyl (C=O) groups excluding carboxylic acids is 2. The van der Waals surface area contributed by atoms with Gasteiger partial charge in [0.25, 0.3) is 0 Å². The molecule has 2 amide bonds. The van der Waals surface area contributed by atoms with Crippen molar-refractivity contribution in [3.63, 3.8) is 0 Å². The molecule has 0 saturated carbocycles. The fourth-order valence-electron chi connectivity index (χ4n) is 3.00. The van der Waals surface area contributed by atoms with E-state index in [1.165, 1.54) is 11.8 Å². The highest BCUT2D eigenvalue weighted by Gasteiger charge is 2.35. The highest BCUT2D eigenvalue weighted by atomic mass is 32.2. The molecule has 3 rings (SSSR count). The summed E-state index contributed by atoms with van der Waals surface area (Å²) in [6, 6.07) is 14.5. The maximum Gasteiger partial charge on any atom is 0.238 e. The first-order valence-electron chi connectivity index (χ1n) is 10.3. The molecule has 2 aromatic rings. The van der Waals surface area contributed by atoms with Crippen molar-refractivity contribution >= 4 is 40.1 Å². The van der Waals surface area contributed by atoms with Gasteiger partial charge in [0.05, 0.1) is 19.4 Å². The van der Waals surface area contributed by atoms with Crippen molar-refractivity contribution in [3.05, 3.63) is 48.5 Å². The van der Waals surface area contributed by atoms with Gasteiger partial charge in [0.2, 0.25) is 11.8 Å². The SMILES string of the molecule is CCCOc1ccc(NC(=O)C2CC(=O)N(CC)C(=Nc3ccc(OC)cc3)S2)cc1. The maximum absolute atomic E-state index is 12.8. The number of anilines is 1. The molecule has 1 fully saturated rings. The van der Waals surface area contributed by atoms with Crippen LogP contribution in [0.5, 0.6) is 11.5 Å². The molecule has 2 aromatic carbocycles. The molecule has 1 heterocycles. The van der Waals surface area contributed by atoms with Gasteiger partial charge in [-0.2, -0.15) is 0 Å². The van der Waals surface area contributed by atoms with Crippen molar-refractivity contribution in [1.82, 2.24) is 4.90 Å². The molecule has 1 atom stereocenters. The summed E-state index contributed by atoms with van der Waals surface area (Å²) in [6.45, 7) is 5.08. The summed E-state index contributed by atoms with van der Waals surface area (Å²) >= 11 is 1.30. The van der Waals surface area contributed by atoms with Gasteiger partial charge in [0.1, 0.15) is 16.7 Å². The lowest BCUT2D eigenvalue weighted by atomic mass is 10.2. The van der Waals surface area contributed by atoms with E-state index in [0.29, 0.717) is 29.7 Å². The summed E-state index contributed by atoms with van der Waals surface area (Å²) in [7, 11) is 1.60. The second-order valence-electron chi connectivity index (χ2n) is 6.90. The molecule has 0 aliphatic carbocycles. The van der Waals surface area contributed by atoms with E-state index in [2.05, 4.69) is 10.3 Å². The Morgan fingerprint density at radius 3 is 2.42 bits per heavy atom. The highest BCUT2D eigenvalue weighted by molar-refractivity contribution is 8.15. The lowest BCUT2D eigenvalue weighted by Gasteiger charge is -2.30. The molecule has 1 N–H and O–H groups in total. The van der Waals surface area contributed by atoms with E-state index >= 15 is 0 Å². The van der Waals surface area contributed by atoms with Gasteiger partial charge in [-0.05, 0) is 61.9 Å². The monoisotopic (exact) mass is 441 g/mol. The topological polar surface area (TPSA) is 80.2 Å². The Hall–Kier alpha value is -3.00. The molecule has 8 heteroatoms. The minimum Gasteiger partial charge on any atom is -0.497 e. The molecular formula is C23H27N3O4S. The zero-order valence-electron chi connectivity index (χ0n) is 18.0. The number of aliphatic imine (C=N–C) groups is 1. The molecule has 0 spiro atoms. The number of carbonyl (C=O) groups is 2. The summed E-state index contributed by atoms with van der Waals surface area (Å²) in [5, 5.41) is 2.86. The van der Waals surface area contributed by atoms with Crippen molar-refractivity contribution < 1.29 is 19.1 Å². The van der Waals surface area contributed by atoms with E-state index in [-0.39, 0.29) is 18.2 Å². The number of thioether (sulfide) groups is 1. The first kappa shape index (κ1) is 22.7. The van der Waals surface area contributed by atoms with E-state index in [1.807, 2.05) is 50.2 Å². The molecule has 1 saturated heterocycles. The zero-order valence-corrected chi connectivity index (χ0v) is 18.8. The molecule has 0 aromatic heterocycles.